The Hall–Kier alpha value is -3.47. The number of carbonyl (C=O) groups is 1. The first-order chi connectivity index (χ1) is 18.5. The number of likely N-dealkylation sites (N-methyl/N-ethyl adjacent to an activating group) is 1. The van der Waals surface area contributed by atoms with Gasteiger partial charge in [-0.05, 0) is 64.4 Å². The van der Waals surface area contributed by atoms with Crippen LogP contribution in [0.25, 0.3) is 16.7 Å². The van der Waals surface area contributed by atoms with Crippen LogP contribution in [-0.2, 0) is 4.74 Å². The highest BCUT2D eigenvalue weighted by atomic mass is 19.1. The molecule has 39 heavy (non-hydrogen) atoms. The monoisotopic (exact) mass is 539 g/mol. The van der Waals surface area contributed by atoms with E-state index in [1.165, 1.54) is 4.90 Å². The maximum Gasteiger partial charge on any atom is 0.410 e. The smallest absolute Gasteiger partial charge is 0.410 e. The normalized spacial score (nSPS) is 20.9. The number of piperazine rings is 1. The summed E-state index contributed by atoms with van der Waals surface area (Å²) in [4.78, 5) is 27.7. The lowest BCUT2D eigenvalue weighted by Gasteiger charge is -2.36. The number of likely N-dealkylation sites (tertiary alicyclic amines) is 1. The Kier molecular flexibility index (Phi) is 7.37. The highest BCUT2D eigenvalue weighted by Crippen LogP contribution is 2.36. The van der Waals surface area contributed by atoms with Crippen LogP contribution in [0.2, 0.25) is 0 Å². The molecule has 0 unspecified atom stereocenters. The number of hydrogen-bond acceptors (Lipinski definition) is 8. The number of piperidine rings is 1. The van der Waals surface area contributed by atoms with Crippen LogP contribution in [0, 0.1) is 6.92 Å². The van der Waals surface area contributed by atoms with Crippen LogP contribution in [0.5, 0.6) is 6.01 Å². The van der Waals surface area contributed by atoms with E-state index in [2.05, 4.69) is 31.9 Å². The van der Waals surface area contributed by atoms with E-state index in [9.17, 15) is 4.79 Å². The minimum absolute atomic E-state index is 0.00775. The van der Waals surface area contributed by atoms with Gasteiger partial charge in [-0.1, -0.05) is 0 Å². The Labute approximate surface area is 228 Å². The van der Waals surface area contributed by atoms with E-state index >= 15 is 4.39 Å². The van der Waals surface area contributed by atoms with Crippen molar-refractivity contribution in [2.45, 2.75) is 51.8 Å². The van der Waals surface area contributed by atoms with Crippen LogP contribution in [0.4, 0.5) is 15.0 Å². The zero-order valence-electron chi connectivity index (χ0n) is 23.6. The van der Waals surface area contributed by atoms with Crippen LogP contribution in [0.3, 0.4) is 0 Å². The van der Waals surface area contributed by atoms with Crippen LogP contribution in [0.15, 0.2) is 24.4 Å². The largest absolute Gasteiger partial charge is 0.467 e. The van der Waals surface area contributed by atoms with E-state index in [0.29, 0.717) is 18.8 Å². The number of anilines is 1. The second-order valence-electron chi connectivity index (χ2n) is 11.5. The van der Waals surface area contributed by atoms with E-state index in [-0.39, 0.29) is 18.5 Å². The minimum atomic E-state index is -1.21. The Balaban J connectivity index is 1.44. The predicted molar refractivity (Wildman–Crippen MR) is 148 cm³/mol. The molecule has 0 saturated carbocycles. The van der Waals surface area contributed by atoms with Crippen molar-refractivity contribution in [3.8, 4) is 11.8 Å². The molecule has 2 aliphatic rings. The Morgan fingerprint density at radius 1 is 1.05 bits per heavy atom. The topological polar surface area (TPSA) is 88.9 Å². The first-order valence-corrected chi connectivity index (χ1v) is 13.5. The lowest BCUT2D eigenvalue weighted by atomic mass is 9.85. The molecule has 0 N–H and O–H groups in total. The quantitative estimate of drug-likeness (QED) is 0.493. The Bertz CT molecular complexity index is 1350. The number of fused-ring (bicyclic) bond motifs is 1. The van der Waals surface area contributed by atoms with E-state index in [0.717, 1.165) is 54.0 Å². The molecule has 210 valence electrons. The molecule has 2 aliphatic heterocycles. The molecule has 4 heterocycles. The molecule has 2 fully saturated rings. The summed E-state index contributed by atoms with van der Waals surface area (Å²) in [5, 5.41) is 5.58. The van der Waals surface area contributed by atoms with Crippen molar-refractivity contribution in [2.24, 2.45) is 0 Å². The van der Waals surface area contributed by atoms with Crippen LogP contribution >= 0.6 is 0 Å². The standard InChI is InChI=1S/C28H38FN7O3/c1-18-13-19-16-30-36(25-15-24(31-26(32-25)38-6)34-11-9-33(5)10-12-34)23(19)14-21(18)20-7-8-35(17-22(20)29)27(37)39-28(2,3)4/h13-16,20,22H,7-12,17H2,1-6H3/t20-,22-/m0/s1. The summed E-state index contributed by atoms with van der Waals surface area (Å²) in [5.74, 6) is 1.05. The van der Waals surface area contributed by atoms with Crippen molar-refractivity contribution in [2.75, 3.05) is 58.3 Å². The van der Waals surface area contributed by atoms with Gasteiger partial charge >= 0.3 is 12.1 Å². The van der Waals surface area contributed by atoms with Crippen molar-refractivity contribution in [3.05, 3.63) is 35.5 Å². The van der Waals surface area contributed by atoms with Gasteiger partial charge in [0.15, 0.2) is 5.82 Å². The fourth-order valence-corrected chi connectivity index (χ4v) is 5.33. The molecular formula is C28H38FN7O3. The molecule has 2 atom stereocenters. The molecular weight excluding hydrogens is 501 g/mol. The van der Waals surface area contributed by atoms with Crippen molar-refractivity contribution in [3.63, 3.8) is 0 Å². The van der Waals surface area contributed by atoms with Crippen LogP contribution in [-0.4, -0.2) is 101 Å². The van der Waals surface area contributed by atoms with Crippen molar-refractivity contribution in [1.82, 2.24) is 29.5 Å². The molecule has 3 aromatic rings. The molecule has 2 saturated heterocycles. The third kappa shape index (κ3) is 5.78. The number of methoxy groups -OCH3 is 1. The van der Waals surface area contributed by atoms with Crippen LogP contribution in [0.1, 0.15) is 44.2 Å². The average Bonchev–Trinajstić information content (AvgIpc) is 3.30. The summed E-state index contributed by atoms with van der Waals surface area (Å²) >= 11 is 0. The molecule has 0 aliphatic carbocycles. The third-order valence-corrected chi connectivity index (χ3v) is 7.45. The minimum Gasteiger partial charge on any atom is -0.467 e. The van der Waals surface area contributed by atoms with Crippen molar-refractivity contribution >= 4 is 22.8 Å². The van der Waals surface area contributed by atoms with Crippen LogP contribution < -0.4 is 9.64 Å². The number of ether oxygens (including phenoxy) is 2. The fourth-order valence-electron chi connectivity index (χ4n) is 5.33. The number of aryl methyl sites for hydroxylation is 1. The zero-order chi connectivity index (χ0) is 27.9. The molecule has 0 spiro atoms. The summed E-state index contributed by atoms with van der Waals surface area (Å²) in [7, 11) is 3.67. The van der Waals surface area contributed by atoms with E-state index in [1.54, 1.807) is 18.0 Å². The predicted octanol–water partition coefficient (Wildman–Crippen LogP) is 3.95. The number of amides is 1. The lowest BCUT2D eigenvalue weighted by Crippen LogP contribution is -2.46. The number of benzene rings is 1. The summed E-state index contributed by atoms with van der Waals surface area (Å²) < 4.78 is 28.2. The van der Waals surface area contributed by atoms with E-state index in [1.807, 2.05) is 45.9 Å². The molecule has 2 aromatic heterocycles. The summed E-state index contributed by atoms with van der Waals surface area (Å²) in [5.41, 5.74) is 2.13. The maximum absolute atomic E-state index is 15.6. The van der Waals surface area contributed by atoms with Gasteiger partial charge in [-0.3, -0.25) is 0 Å². The van der Waals surface area contributed by atoms with Gasteiger partial charge in [0.1, 0.15) is 17.6 Å². The third-order valence-electron chi connectivity index (χ3n) is 7.45. The first kappa shape index (κ1) is 27.1. The fraction of sp³-hybridized carbons (Fsp3) is 0.571. The summed E-state index contributed by atoms with van der Waals surface area (Å²) in [6, 6.07) is 6.26. The summed E-state index contributed by atoms with van der Waals surface area (Å²) in [6.45, 7) is 11.5. The lowest BCUT2D eigenvalue weighted by molar-refractivity contribution is 0.0111. The second kappa shape index (κ2) is 10.6. The molecule has 10 nitrogen and oxygen atoms in total. The highest BCUT2D eigenvalue weighted by molar-refractivity contribution is 5.82. The molecule has 1 aromatic carbocycles. The molecule has 5 rings (SSSR count). The van der Waals surface area contributed by atoms with Gasteiger partial charge in [-0.25, -0.2) is 13.9 Å². The Morgan fingerprint density at radius 2 is 1.77 bits per heavy atom. The van der Waals surface area contributed by atoms with Gasteiger partial charge in [0.2, 0.25) is 0 Å². The van der Waals surface area contributed by atoms with E-state index < -0.39 is 17.9 Å². The maximum atomic E-state index is 15.6. The van der Waals surface area contributed by atoms with Gasteiger partial charge in [-0.15, -0.1) is 0 Å². The number of halogens is 1. The summed E-state index contributed by atoms with van der Waals surface area (Å²) in [6.07, 6.45) is 0.633. The van der Waals surface area contributed by atoms with Gasteiger partial charge < -0.3 is 24.2 Å². The number of alkyl halides is 1. The van der Waals surface area contributed by atoms with Gasteiger partial charge in [0, 0.05) is 50.1 Å². The van der Waals surface area contributed by atoms with E-state index in [4.69, 9.17) is 9.47 Å². The highest BCUT2D eigenvalue weighted by Gasteiger charge is 2.35. The Morgan fingerprint density at radius 3 is 2.44 bits per heavy atom. The number of aromatic nitrogens is 4. The zero-order valence-corrected chi connectivity index (χ0v) is 23.6. The average molecular weight is 540 g/mol. The molecule has 11 heteroatoms. The molecule has 0 bridgehead atoms. The SMILES string of the molecule is COc1nc(N2CCN(C)CC2)cc(-n2ncc3cc(C)c([C@@H]4CCN(C(=O)OC(C)(C)C)C[C@@H]4F)cc32)n1. The number of hydrogen-bond donors (Lipinski definition) is 0. The van der Waals surface area contributed by atoms with Crippen molar-refractivity contribution < 1.29 is 18.7 Å². The first-order valence-electron chi connectivity index (χ1n) is 13.5. The number of rotatable bonds is 4. The van der Waals surface area contributed by atoms with Gasteiger partial charge in [-0.2, -0.15) is 15.1 Å². The van der Waals surface area contributed by atoms with Crippen molar-refractivity contribution in [1.29, 1.82) is 0 Å². The number of nitrogens with zero attached hydrogens (tertiary/aromatic N) is 7. The molecule has 1 amide bonds. The second-order valence-corrected chi connectivity index (χ2v) is 11.5. The van der Waals surface area contributed by atoms with Gasteiger partial charge in [0.05, 0.1) is 25.4 Å². The van der Waals surface area contributed by atoms with Gasteiger partial charge in [0.25, 0.3) is 0 Å². The molecule has 0 radical (unpaired) electrons. The number of carbonyl (C=O) groups excluding carboxylic acids is 1.